The summed E-state index contributed by atoms with van der Waals surface area (Å²) in [6.07, 6.45) is 5.18. The molecule has 4 heteroatoms. The molecule has 16 heavy (non-hydrogen) atoms. The first-order valence-corrected chi connectivity index (χ1v) is 5.60. The summed E-state index contributed by atoms with van der Waals surface area (Å²) in [6, 6.07) is 3.79. The molecule has 4 nitrogen and oxygen atoms in total. The molecule has 0 aliphatic rings. The second kappa shape index (κ2) is 6.95. The van der Waals surface area contributed by atoms with E-state index in [-0.39, 0.29) is 11.8 Å². The lowest BCUT2D eigenvalue weighted by atomic mass is 10.0. The lowest BCUT2D eigenvalue weighted by molar-refractivity contribution is -0.124. The quantitative estimate of drug-likeness (QED) is 0.755. The monoisotopic (exact) mass is 221 g/mol. The minimum absolute atomic E-state index is 0.0328. The van der Waals surface area contributed by atoms with Gasteiger partial charge in [0.25, 0.3) is 0 Å². The average molecular weight is 221 g/mol. The van der Waals surface area contributed by atoms with Crippen molar-refractivity contribution in [2.24, 2.45) is 11.7 Å². The van der Waals surface area contributed by atoms with Gasteiger partial charge in [0.05, 0.1) is 0 Å². The Morgan fingerprint density at radius 1 is 1.50 bits per heavy atom. The third-order valence-electron chi connectivity index (χ3n) is 2.50. The average Bonchev–Trinajstić information content (AvgIpc) is 2.34. The number of nitrogens with two attached hydrogens (primary N) is 1. The minimum Gasteiger partial charge on any atom is -0.352 e. The molecule has 0 saturated heterocycles. The fourth-order valence-corrected chi connectivity index (χ4v) is 1.42. The highest BCUT2D eigenvalue weighted by molar-refractivity contribution is 5.78. The molecule has 1 amide bonds. The maximum absolute atomic E-state index is 11.7. The molecule has 0 bridgehead atoms. The number of aromatic nitrogens is 1. The van der Waals surface area contributed by atoms with Crippen LogP contribution in [-0.2, 0) is 11.3 Å². The fourth-order valence-electron chi connectivity index (χ4n) is 1.42. The summed E-state index contributed by atoms with van der Waals surface area (Å²) in [4.78, 5) is 15.6. The third kappa shape index (κ3) is 4.40. The van der Waals surface area contributed by atoms with Gasteiger partial charge in [-0.25, -0.2) is 0 Å². The second-order valence-corrected chi connectivity index (χ2v) is 3.91. The zero-order valence-corrected chi connectivity index (χ0v) is 9.65. The van der Waals surface area contributed by atoms with E-state index in [9.17, 15) is 4.79 Å². The van der Waals surface area contributed by atoms with Crippen LogP contribution in [0.4, 0.5) is 0 Å². The Bertz CT molecular complexity index is 313. The van der Waals surface area contributed by atoms with Crippen LogP contribution in [0.2, 0.25) is 0 Å². The van der Waals surface area contributed by atoms with E-state index in [2.05, 4.69) is 10.3 Å². The minimum atomic E-state index is 0.0328. The van der Waals surface area contributed by atoms with Gasteiger partial charge >= 0.3 is 0 Å². The Labute approximate surface area is 96.3 Å². The highest BCUT2D eigenvalue weighted by Gasteiger charge is 2.11. The Balaban J connectivity index is 2.29. The van der Waals surface area contributed by atoms with Crippen molar-refractivity contribution in [3.8, 4) is 0 Å². The molecule has 0 spiro atoms. The van der Waals surface area contributed by atoms with Crippen molar-refractivity contribution in [3.63, 3.8) is 0 Å². The predicted molar refractivity (Wildman–Crippen MR) is 63.5 cm³/mol. The number of nitrogens with zero attached hydrogens (tertiary/aromatic N) is 1. The van der Waals surface area contributed by atoms with Crippen LogP contribution in [0.1, 0.15) is 25.3 Å². The molecule has 0 radical (unpaired) electrons. The van der Waals surface area contributed by atoms with E-state index >= 15 is 0 Å². The zero-order chi connectivity index (χ0) is 11.8. The van der Waals surface area contributed by atoms with Crippen LogP contribution in [0, 0.1) is 5.92 Å². The summed E-state index contributed by atoms with van der Waals surface area (Å²) in [7, 11) is 0. The molecule has 0 saturated carbocycles. The second-order valence-electron chi connectivity index (χ2n) is 3.91. The van der Waals surface area contributed by atoms with Crippen LogP contribution in [0.5, 0.6) is 0 Å². The maximum atomic E-state index is 11.7. The topological polar surface area (TPSA) is 68.0 Å². The highest BCUT2D eigenvalue weighted by Crippen LogP contribution is 2.05. The molecule has 1 aromatic heterocycles. The summed E-state index contributed by atoms with van der Waals surface area (Å²) >= 11 is 0. The number of hydrogen-bond acceptors (Lipinski definition) is 3. The van der Waals surface area contributed by atoms with Gasteiger partial charge in [-0.2, -0.15) is 0 Å². The molecule has 88 valence electrons. The van der Waals surface area contributed by atoms with Crippen molar-refractivity contribution < 1.29 is 4.79 Å². The van der Waals surface area contributed by atoms with Gasteiger partial charge < -0.3 is 11.1 Å². The first-order valence-electron chi connectivity index (χ1n) is 5.60. The van der Waals surface area contributed by atoms with Crippen molar-refractivity contribution in [3.05, 3.63) is 30.1 Å². The van der Waals surface area contributed by atoms with Gasteiger partial charge in [0.1, 0.15) is 0 Å². The number of nitrogens with one attached hydrogen (secondary N) is 1. The summed E-state index contributed by atoms with van der Waals surface area (Å²) < 4.78 is 0. The molecule has 0 fully saturated rings. The lowest BCUT2D eigenvalue weighted by Crippen LogP contribution is -2.29. The van der Waals surface area contributed by atoms with Crippen molar-refractivity contribution in [1.29, 1.82) is 0 Å². The summed E-state index contributed by atoms with van der Waals surface area (Å²) in [5.41, 5.74) is 6.47. The van der Waals surface area contributed by atoms with Gasteiger partial charge in [0.2, 0.25) is 5.91 Å². The van der Waals surface area contributed by atoms with Crippen LogP contribution < -0.4 is 11.1 Å². The molecule has 0 aliphatic carbocycles. The van der Waals surface area contributed by atoms with Gasteiger partial charge in [-0.05, 0) is 37.1 Å². The maximum Gasteiger partial charge on any atom is 0.223 e. The Hall–Kier alpha value is -1.42. The molecule has 1 aromatic rings. The Morgan fingerprint density at radius 2 is 2.19 bits per heavy atom. The van der Waals surface area contributed by atoms with E-state index in [1.807, 2.05) is 19.1 Å². The van der Waals surface area contributed by atoms with Crippen LogP contribution in [0.25, 0.3) is 0 Å². The number of amides is 1. The number of carbonyl (C=O) groups excluding carboxylic acids is 1. The Kier molecular flexibility index (Phi) is 5.50. The standard InChI is InChI=1S/C12H19N3O/c1-10(3-2-6-13)12(16)15-9-11-4-7-14-8-5-11/h4-5,7-8,10H,2-3,6,9,13H2,1H3,(H,15,16). The van der Waals surface area contributed by atoms with Gasteiger partial charge in [0, 0.05) is 24.9 Å². The molecule has 1 heterocycles. The molecular formula is C12H19N3O. The van der Waals surface area contributed by atoms with Crippen LogP contribution >= 0.6 is 0 Å². The number of rotatable bonds is 6. The van der Waals surface area contributed by atoms with E-state index in [0.29, 0.717) is 13.1 Å². The Morgan fingerprint density at radius 3 is 2.81 bits per heavy atom. The van der Waals surface area contributed by atoms with Crippen LogP contribution in [0.15, 0.2) is 24.5 Å². The summed E-state index contributed by atoms with van der Waals surface area (Å²) in [5.74, 6) is 0.121. The normalized spacial score (nSPS) is 12.1. The largest absolute Gasteiger partial charge is 0.352 e. The van der Waals surface area contributed by atoms with Gasteiger partial charge in [-0.3, -0.25) is 9.78 Å². The van der Waals surface area contributed by atoms with E-state index in [0.717, 1.165) is 18.4 Å². The van der Waals surface area contributed by atoms with Gasteiger partial charge in [-0.1, -0.05) is 6.92 Å². The van der Waals surface area contributed by atoms with Crippen molar-refractivity contribution in [2.75, 3.05) is 6.54 Å². The SMILES string of the molecule is CC(CCCN)C(=O)NCc1ccncc1. The molecule has 1 atom stereocenters. The fraction of sp³-hybridized carbons (Fsp3) is 0.500. The number of hydrogen-bond donors (Lipinski definition) is 2. The molecule has 1 unspecified atom stereocenters. The predicted octanol–water partition coefficient (Wildman–Crippen LogP) is 1.07. The first-order chi connectivity index (χ1) is 7.74. The first kappa shape index (κ1) is 12.6. The number of carbonyl (C=O) groups is 1. The molecular weight excluding hydrogens is 202 g/mol. The third-order valence-corrected chi connectivity index (χ3v) is 2.50. The molecule has 1 rings (SSSR count). The van der Waals surface area contributed by atoms with E-state index in [4.69, 9.17) is 5.73 Å². The molecule has 0 aromatic carbocycles. The van der Waals surface area contributed by atoms with Gasteiger partial charge in [0.15, 0.2) is 0 Å². The van der Waals surface area contributed by atoms with Crippen molar-refractivity contribution in [1.82, 2.24) is 10.3 Å². The van der Waals surface area contributed by atoms with Crippen molar-refractivity contribution in [2.45, 2.75) is 26.3 Å². The number of pyridine rings is 1. The lowest BCUT2D eigenvalue weighted by Gasteiger charge is -2.11. The summed E-state index contributed by atoms with van der Waals surface area (Å²) in [5, 5.41) is 2.90. The van der Waals surface area contributed by atoms with Crippen molar-refractivity contribution >= 4 is 5.91 Å². The van der Waals surface area contributed by atoms with E-state index < -0.39 is 0 Å². The molecule has 0 aliphatic heterocycles. The summed E-state index contributed by atoms with van der Waals surface area (Å²) in [6.45, 7) is 3.13. The van der Waals surface area contributed by atoms with E-state index in [1.54, 1.807) is 12.4 Å². The smallest absolute Gasteiger partial charge is 0.223 e. The zero-order valence-electron chi connectivity index (χ0n) is 9.65. The van der Waals surface area contributed by atoms with Crippen LogP contribution in [-0.4, -0.2) is 17.4 Å². The van der Waals surface area contributed by atoms with Crippen LogP contribution in [0.3, 0.4) is 0 Å². The highest BCUT2D eigenvalue weighted by atomic mass is 16.1. The van der Waals surface area contributed by atoms with E-state index in [1.165, 1.54) is 0 Å². The van der Waals surface area contributed by atoms with Gasteiger partial charge in [-0.15, -0.1) is 0 Å². The molecule has 3 N–H and O–H groups in total.